The van der Waals surface area contributed by atoms with Crippen LogP contribution in [0.4, 0.5) is 0 Å². The van der Waals surface area contributed by atoms with Gasteiger partial charge >= 0.3 is 0 Å². The largest absolute Gasteiger partial charge is 0.309 e. The number of fused-ring (bicyclic) bond motifs is 3. The van der Waals surface area contributed by atoms with Gasteiger partial charge in [-0.3, -0.25) is 0 Å². The highest BCUT2D eigenvalue weighted by atomic mass is 28.3. The van der Waals surface area contributed by atoms with Gasteiger partial charge in [0.25, 0.3) is 0 Å². The molecule has 0 saturated heterocycles. The monoisotopic (exact) mass is 652 g/mol. The minimum absolute atomic E-state index is 0.570. The summed E-state index contributed by atoms with van der Waals surface area (Å²) in [6.45, 7) is 0. The first-order valence-electron chi connectivity index (χ1n) is 16.4. The molecule has 0 saturated carbocycles. The number of hydrogen-bond donors (Lipinski definition) is 0. The van der Waals surface area contributed by atoms with Crippen molar-refractivity contribution < 1.29 is 0 Å². The van der Waals surface area contributed by atoms with Gasteiger partial charge in [0.1, 0.15) is 0 Å². The molecule has 0 atom stereocenters. The maximum Gasteiger partial charge on any atom is 0.179 e. The fraction of sp³-hybridized carbons (Fsp3) is 0. The molecule has 0 N–H and O–H groups in total. The van der Waals surface area contributed by atoms with Crippen molar-refractivity contribution >= 4 is 50.6 Å². The van der Waals surface area contributed by atoms with E-state index in [-0.39, 0.29) is 0 Å². The van der Waals surface area contributed by atoms with Gasteiger partial charge in [-0.25, -0.2) is 0 Å². The summed E-state index contributed by atoms with van der Waals surface area (Å²) in [4.78, 5) is 0. The van der Waals surface area contributed by atoms with E-state index in [0.29, 0.717) is 16.7 Å². The van der Waals surface area contributed by atoms with Gasteiger partial charge in [0.2, 0.25) is 0 Å². The average Bonchev–Trinajstić information content (AvgIpc) is 3.52. The van der Waals surface area contributed by atoms with E-state index in [1.165, 1.54) is 15.6 Å². The molecule has 0 unspecified atom stereocenters. The topological polar surface area (TPSA) is 76.3 Å². The lowest BCUT2D eigenvalue weighted by atomic mass is 10.00. The van der Waals surface area contributed by atoms with Crippen LogP contribution in [0.15, 0.2) is 170 Å². The second-order valence-electron chi connectivity index (χ2n) is 12.3. The predicted octanol–water partition coefficient (Wildman–Crippen LogP) is 7.44. The van der Waals surface area contributed by atoms with Crippen LogP contribution in [0.25, 0.3) is 38.6 Å². The third-order valence-electron chi connectivity index (χ3n) is 9.65. The predicted molar refractivity (Wildman–Crippen MR) is 204 cm³/mol. The van der Waals surface area contributed by atoms with Crippen LogP contribution in [-0.4, -0.2) is 12.6 Å². The van der Waals surface area contributed by atoms with Crippen molar-refractivity contribution in [1.82, 2.24) is 4.57 Å². The van der Waals surface area contributed by atoms with Crippen molar-refractivity contribution in [3.8, 4) is 35.0 Å². The molecule has 1 heterocycles. The van der Waals surface area contributed by atoms with Crippen LogP contribution in [0.3, 0.4) is 0 Å². The quantitative estimate of drug-likeness (QED) is 0.138. The Labute approximate surface area is 291 Å². The summed E-state index contributed by atoms with van der Waals surface area (Å²) >= 11 is 0. The van der Waals surface area contributed by atoms with Gasteiger partial charge in [-0.05, 0) is 86.5 Å². The standard InChI is InChI=1S/C45H28N4Si/c46-29-32-16-24-44-42(26-32)43-27-33(30-47)17-25-45(43)49(44)36-20-18-34(19-21-36)41-23-22-40(28-35(41)31-48)50(37-10-4-1-5-11-37,38-12-6-2-7-13-38)39-14-8-3-9-15-39/h1-28H. The molecule has 5 heteroatoms. The van der Waals surface area contributed by atoms with Gasteiger partial charge in [0, 0.05) is 16.5 Å². The van der Waals surface area contributed by atoms with Gasteiger partial charge in [0.05, 0.1) is 45.9 Å². The zero-order valence-electron chi connectivity index (χ0n) is 27.0. The number of nitrogens with zero attached hydrogens (tertiary/aromatic N) is 4. The van der Waals surface area contributed by atoms with E-state index in [4.69, 9.17) is 0 Å². The maximum atomic E-state index is 10.6. The van der Waals surface area contributed by atoms with Crippen molar-refractivity contribution in [2.45, 2.75) is 0 Å². The van der Waals surface area contributed by atoms with Crippen LogP contribution in [0.1, 0.15) is 16.7 Å². The van der Waals surface area contributed by atoms with Gasteiger partial charge in [-0.2, -0.15) is 15.8 Å². The molecule has 0 bridgehead atoms. The molecule has 0 aliphatic rings. The molecule has 8 rings (SSSR count). The van der Waals surface area contributed by atoms with Crippen molar-refractivity contribution in [2.75, 3.05) is 0 Å². The van der Waals surface area contributed by atoms with Gasteiger partial charge < -0.3 is 4.57 Å². The van der Waals surface area contributed by atoms with Crippen LogP contribution in [0, 0.1) is 34.0 Å². The lowest BCUT2D eigenvalue weighted by molar-refractivity contribution is 1.18. The van der Waals surface area contributed by atoms with Crippen molar-refractivity contribution in [1.29, 1.82) is 15.8 Å². The lowest BCUT2D eigenvalue weighted by Gasteiger charge is -2.34. The molecule has 7 aromatic carbocycles. The Balaban J connectivity index is 1.27. The normalized spacial score (nSPS) is 11.1. The van der Waals surface area contributed by atoms with Crippen molar-refractivity contribution in [2.24, 2.45) is 0 Å². The van der Waals surface area contributed by atoms with Crippen molar-refractivity contribution in [3.05, 3.63) is 187 Å². The summed E-state index contributed by atoms with van der Waals surface area (Å²) in [7, 11) is -2.78. The van der Waals surface area contributed by atoms with E-state index < -0.39 is 8.07 Å². The Hall–Kier alpha value is -6.97. The molecule has 0 radical (unpaired) electrons. The van der Waals surface area contributed by atoms with Gasteiger partial charge in [-0.15, -0.1) is 0 Å². The van der Waals surface area contributed by atoms with Crippen LogP contribution < -0.4 is 20.7 Å². The number of aromatic nitrogens is 1. The highest BCUT2D eigenvalue weighted by Gasteiger charge is 2.41. The van der Waals surface area contributed by atoms with E-state index in [1.54, 1.807) is 0 Å². The minimum atomic E-state index is -2.78. The molecule has 0 aliphatic carbocycles. The highest BCUT2D eigenvalue weighted by Crippen LogP contribution is 2.34. The lowest BCUT2D eigenvalue weighted by Crippen LogP contribution is -2.74. The molecule has 0 aliphatic heterocycles. The second-order valence-corrected chi connectivity index (χ2v) is 16.1. The molecule has 1 aromatic heterocycles. The number of benzene rings is 7. The third kappa shape index (κ3) is 4.88. The second kappa shape index (κ2) is 12.6. The Morgan fingerprint density at radius 2 is 0.900 bits per heavy atom. The minimum Gasteiger partial charge on any atom is -0.309 e. The fourth-order valence-electron chi connectivity index (χ4n) is 7.42. The number of hydrogen-bond acceptors (Lipinski definition) is 3. The fourth-order valence-corrected chi connectivity index (χ4v) is 12.2. The Morgan fingerprint density at radius 3 is 1.34 bits per heavy atom. The first-order valence-corrected chi connectivity index (χ1v) is 18.4. The molecule has 8 aromatic rings. The zero-order valence-corrected chi connectivity index (χ0v) is 28.0. The Bertz CT molecular complexity index is 2490. The van der Waals surface area contributed by atoms with Crippen LogP contribution in [-0.2, 0) is 0 Å². The van der Waals surface area contributed by atoms with Gasteiger partial charge in [0.15, 0.2) is 8.07 Å². The molecular formula is C45H28N4Si. The zero-order chi connectivity index (χ0) is 34.1. The first-order chi connectivity index (χ1) is 24.6. The van der Waals surface area contributed by atoms with E-state index in [2.05, 4.69) is 156 Å². The van der Waals surface area contributed by atoms with Crippen LogP contribution in [0.5, 0.6) is 0 Å². The molecule has 232 valence electrons. The Kier molecular flexibility index (Phi) is 7.63. The van der Waals surface area contributed by atoms with E-state index >= 15 is 0 Å². The van der Waals surface area contributed by atoms with E-state index in [9.17, 15) is 15.8 Å². The molecule has 0 amide bonds. The van der Waals surface area contributed by atoms with E-state index in [1.807, 2.05) is 36.4 Å². The van der Waals surface area contributed by atoms with Crippen LogP contribution in [0.2, 0.25) is 0 Å². The molecule has 0 fully saturated rings. The van der Waals surface area contributed by atoms with E-state index in [0.717, 1.165) is 43.8 Å². The smallest absolute Gasteiger partial charge is 0.179 e. The first kappa shape index (κ1) is 30.4. The number of rotatable bonds is 6. The summed E-state index contributed by atoms with van der Waals surface area (Å²) in [6, 6.07) is 65.2. The molecule has 50 heavy (non-hydrogen) atoms. The van der Waals surface area contributed by atoms with Gasteiger partial charge in [-0.1, -0.05) is 115 Å². The number of nitriles is 3. The maximum absolute atomic E-state index is 10.6. The highest BCUT2D eigenvalue weighted by molar-refractivity contribution is 7.19. The van der Waals surface area contributed by atoms with Crippen LogP contribution >= 0.6 is 0 Å². The van der Waals surface area contributed by atoms with Crippen molar-refractivity contribution in [3.63, 3.8) is 0 Å². The summed E-state index contributed by atoms with van der Waals surface area (Å²) in [5.74, 6) is 0. The molecular weight excluding hydrogens is 625 g/mol. The SMILES string of the molecule is N#Cc1ccc2c(c1)c1cc(C#N)ccc1n2-c1ccc(-c2ccc([Si](c3ccccc3)(c3ccccc3)c3ccccc3)cc2C#N)cc1. The summed E-state index contributed by atoms with van der Waals surface area (Å²) in [5.41, 5.74) is 6.44. The Morgan fingerprint density at radius 1 is 0.420 bits per heavy atom. The summed E-state index contributed by atoms with van der Waals surface area (Å²) < 4.78 is 2.16. The molecule has 0 spiro atoms. The summed E-state index contributed by atoms with van der Waals surface area (Å²) in [5, 5.41) is 36.6. The third-order valence-corrected chi connectivity index (χ3v) is 14.4. The molecule has 4 nitrogen and oxygen atoms in total. The average molecular weight is 653 g/mol. The summed E-state index contributed by atoms with van der Waals surface area (Å²) in [6.07, 6.45) is 0.